The lowest BCUT2D eigenvalue weighted by molar-refractivity contribution is 0.0692. The van der Waals surface area contributed by atoms with Gasteiger partial charge in [0, 0.05) is 31.2 Å². The molecule has 0 saturated heterocycles. The molecule has 0 radical (unpaired) electrons. The number of nitrogens with zero attached hydrogens (tertiary/aromatic N) is 2. The average Bonchev–Trinajstić information content (AvgIpc) is 2.91. The molecule has 1 aromatic carbocycles. The molecule has 0 aliphatic heterocycles. The molecule has 0 bridgehead atoms. The van der Waals surface area contributed by atoms with Crippen molar-refractivity contribution in [3.63, 3.8) is 0 Å². The normalized spacial score (nSPS) is 11.4. The zero-order valence-corrected chi connectivity index (χ0v) is 11.7. The molecule has 2 rings (SSSR count). The molecular formula is C12H14N4O4S. The third kappa shape index (κ3) is 3.58. The van der Waals surface area contributed by atoms with E-state index in [-0.39, 0.29) is 22.7 Å². The van der Waals surface area contributed by atoms with Crippen molar-refractivity contribution in [2.45, 2.75) is 11.4 Å². The zero-order valence-electron chi connectivity index (χ0n) is 10.9. The van der Waals surface area contributed by atoms with E-state index in [4.69, 9.17) is 10.8 Å². The van der Waals surface area contributed by atoms with Crippen LogP contribution >= 0.6 is 0 Å². The van der Waals surface area contributed by atoms with E-state index in [1.807, 2.05) is 0 Å². The molecule has 21 heavy (non-hydrogen) atoms. The summed E-state index contributed by atoms with van der Waals surface area (Å²) in [4.78, 5) is 14.6. The number of benzene rings is 1. The minimum atomic E-state index is -3.93. The van der Waals surface area contributed by atoms with Crippen molar-refractivity contribution in [1.29, 1.82) is 0 Å². The SMILES string of the molecule is Nc1ccc(S(=O)(=O)NCCn2ccnc2)c(C(=O)O)c1. The van der Waals surface area contributed by atoms with E-state index < -0.39 is 16.0 Å². The van der Waals surface area contributed by atoms with Gasteiger partial charge >= 0.3 is 5.97 Å². The number of anilines is 1. The summed E-state index contributed by atoms with van der Waals surface area (Å²) in [5.74, 6) is -1.35. The van der Waals surface area contributed by atoms with E-state index in [0.717, 1.165) is 6.07 Å². The van der Waals surface area contributed by atoms with Gasteiger partial charge in [-0.05, 0) is 18.2 Å². The predicted octanol–water partition coefficient (Wildman–Crippen LogP) is 0.142. The number of nitrogens with two attached hydrogens (primary N) is 1. The van der Waals surface area contributed by atoms with Crippen molar-refractivity contribution in [3.8, 4) is 0 Å². The first-order valence-corrected chi connectivity index (χ1v) is 7.47. The molecule has 1 heterocycles. The monoisotopic (exact) mass is 310 g/mol. The van der Waals surface area contributed by atoms with Gasteiger partial charge in [0.25, 0.3) is 0 Å². The van der Waals surface area contributed by atoms with Gasteiger partial charge in [0.1, 0.15) is 0 Å². The molecule has 0 fully saturated rings. The maximum atomic E-state index is 12.2. The molecule has 0 unspecified atom stereocenters. The van der Waals surface area contributed by atoms with E-state index in [1.165, 1.54) is 12.1 Å². The summed E-state index contributed by atoms with van der Waals surface area (Å²) < 4.78 is 28.4. The molecular weight excluding hydrogens is 296 g/mol. The van der Waals surface area contributed by atoms with Crippen LogP contribution in [0.15, 0.2) is 41.8 Å². The van der Waals surface area contributed by atoms with Crippen LogP contribution in [0.25, 0.3) is 0 Å². The standard InChI is InChI=1S/C12H14N4O4S/c13-9-1-2-11(10(7-9)12(17)18)21(19,20)15-4-6-16-5-3-14-8-16/h1-3,5,7-8,15H,4,6,13H2,(H,17,18). The van der Waals surface area contributed by atoms with Crippen LogP contribution in [0.1, 0.15) is 10.4 Å². The van der Waals surface area contributed by atoms with Crippen LogP contribution in [0.5, 0.6) is 0 Å². The van der Waals surface area contributed by atoms with Crippen LogP contribution in [0.2, 0.25) is 0 Å². The van der Waals surface area contributed by atoms with Crippen LogP contribution in [0.4, 0.5) is 5.69 Å². The summed E-state index contributed by atoms with van der Waals surface area (Å²) >= 11 is 0. The Morgan fingerprint density at radius 3 is 2.81 bits per heavy atom. The summed E-state index contributed by atoms with van der Waals surface area (Å²) in [5.41, 5.74) is 5.31. The highest BCUT2D eigenvalue weighted by Gasteiger charge is 2.22. The van der Waals surface area contributed by atoms with Crippen molar-refractivity contribution in [3.05, 3.63) is 42.5 Å². The van der Waals surface area contributed by atoms with Crippen LogP contribution < -0.4 is 10.5 Å². The average molecular weight is 310 g/mol. The topological polar surface area (TPSA) is 127 Å². The van der Waals surface area contributed by atoms with Gasteiger partial charge in [0.15, 0.2) is 0 Å². The summed E-state index contributed by atoms with van der Waals surface area (Å²) in [6.45, 7) is 0.499. The second-order valence-corrected chi connectivity index (χ2v) is 5.99. The first kappa shape index (κ1) is 15.0. The summed E-state index contributed by atoms with van der Waals surface area (Å²) in [6, 6.07) is 3.64. The van der Waals surface area contributed by atoms with E-state index in [0.29, 0.717) is 6.54 Å². The molecule has 0 spiro atoms. The van der Waals surface area contributed by atoms with Crippen molar-refractivity contribution in [1.82, 2.24) is 14.3 Å². The molecule has 0 saturated carbocycles. The number of aromatic nitrogens is 2. The number of hydrogen-bond acceptors (Lipinski definition) is 5. The Hall–Kier alpha value is -2.39. The van der Waals surface area contributed by atoms with Crippen LogP contribution in [-0.2, 0) is 16.6 Å². The Morgan fingerprint density at radius 2 is 2.19 bits per heavy atom. The number of carboxylic acid groups (broad SMARTS) is 1. The number of rotatable bonds is 6. The molecule has 0 atom stereocenters. The lowest BCUT2D eigenvalue weighted by Gasteiger charge is -2.10. The second-order valence-electron chi connectivity index (χ2n) is 4.26. The maximum absolute atomic E-state index is 12.2. The quantitative estimate of drug-likeness (QED) is 0.651. The molecule has 8 nitrogen and oxygen atoms in total. The van der Waals surface area contributed by atoms with Crippen LogP contribution in [-0.4, -0.2) is 35.6 Å². The van der Waals surface area contributed by atoms with E-state index >= 15 is 0 Å². The highest BCUT2D eigenvalue weighted by molar-refractivity contribution is 7.89. The van der Waals surface area contributed by atoms with E-state index in [2.05, 4.69) is 9.71 Å². The first-order valence-electron chi connectivity index (χ1n) is 5.98. The van der Waals surface area contributed by atoms with Crippen molar-refractivity contribution < 1.29 is 18.3 Å². The second kappa shape index (κ2) is 5.94. The van der Waals surface area contributed by atoms with Gasteiger partial charge in [0.05, 0.1) is 16.8 Å². The molecule has 9 heteroatoms. The predicted molar refractivity (Wildman–Crippen MR) is 75.2 cm³/mol. The van der Waals surface area contributed by atoms with Gasteiger partial charge in [-0.25, -0.2) is 22.9 Å². The Balaban J connectivity index is 2.17. The van der Waals surface area contributed by atoms with Gasteiger partial charge in [-0.2, -0.15) is 0 Å². The minimum absolute atomic E-state index is 0.113. The fraction of sp³-hybridized carbons (Fsp3) is 0.167. The number of sulfonamides is 1. The Bertz CT molecular complexity index is 741. The zero-order chi connectivity index (χ0) is 15.5. The van der Waals surface area contributed by atoms with Gasteiger partial charge < -0.3 is 15.4 Å². The number of carbonyl (C=O) groups is 1. The van der Waals surface area contributed by atoms with Gasteiger partial charge in [-0.3, -0.25) is 0 Å². The molecule has 1 aromatic heterocycles. The third-order valence-corrected chi connectivity index (χ3v) is 4.26. The molecule has 0 aliphatic rings. The van der Waals surface area contributed by atoms with Crippen molar-refractivity contribution in [2.24, 2.45) is 0 Å². The van der Waals surface area contributed by atoms with E-state index in [1.54, 1.807) is 23.3 Å². The van der Waals surface area contributed by atoms with Crippen LogP contribution in [0, 0.1) is 0 Å². The van der Waals surface area contributed by atoms with Gasteiger partial charge in [-0.15, -0.1) is 0 Å². The number of hydrogen-bond donors (Lipinski definition) is 3. The molecule has 4 N–H and O–H groups in total. The highest BCUT2D eigenvalue weighted by Crippen LogP contribution is 2.18. The number of carboxylic acids is 1. The van der Waals surface area contributed by atoms with Crippen molar-refractivity contribution >= 4 is 21.7 Å². The number of imidazole rings is 1. The van der Waals surface area contributed by atoms with Crippen molar-refractivity contribution in [2.75, 3.05) is 12.3 Å². The fourth-order valence-electron chi connectivity index (χ4n) is 1.75. The Morgan fingerprint density at radius 1 is 1.43 bits per heavy atom. The number of aromatic carboxylic acids is 1. The molecule has 0 aliphatic carbocycles. The summed E-state index contributed by atoms with van der Waals surface area (Å²) in [7, 11) is -3.93. The first-order chi connectivity index (χ1) is 9.90. The Kier molecular flexibility index (Phi) is 4.24. The minimum Gasteiger partial charge on any atom is -0.478 e. The molecule has 0 amide bonds. The number of nitrogens with one attached hydrogen (secondary N) is 1. The van der Waals surface area contributed by atoms with Gasteiger partial charge in [0.2, 0.25) is 10.0 Å². The highest BCUT2D eigenvalue weighted by atomic mass is 32.2. The maximum Gasteiger partial charge on any atom is 0.337 e. The lowest BCUT2D eigenvalue weighted by Crippen LogP contribution is -2.28. The summed E-state index contributed by atoms with van der Waals surface area (Å²) in [5, 5.41) is 9.07. The fourth-order valence-corrected chi connectivity index (χ4v) is 2.95. The van der Waals surface area contributed by atoms with Crippen LogP contribution in [0.3, 0.4) is 0 Å². The molecule has 2 aromatic rings. The smallest absolute Gasteiger partial charge is 0.337 e. The van der Waals surface area contributed by atoms with E-state index in [9.17, 15) is 13.2 Å². The largest absolute Gasteiger partial charge is 0.478 e. The lowest BCUT2D eigenvalue weighted by atomic mass is 10.2. The number of nitrogen functional groups attached to an aromatic ring is 1. The third-order valence-electron chi connectivity index (χ3n) is 2.74. The molecule has 112 valence electrons. The van der Waals surface area contributed by atoms with Gasteiger partial charge in [-0.1, -0.05) is 0 Å². The Labute approximate surface area is 121 Å². The summed E-state index contributed by atoms with van der Waals surface area (Å²) in [6.07, 6.45) is 4.83.